The number of likely N-dealkylation sites (tertiary alicyclic amines) is 1. The maximum Gasteiger partial charge on any atom is 0.317 e. The van der Waals surface area contributed by atoms with Gasteiger partial charge in [-0.1, -0.05) is 12.8 Å². The van der Waals surface area contributed by atoms with Crippen LogP contribution in [0.15, 0.2) is 0 Å². The molecule has 1 aliphatic heterocycles. The van der Waals surface area contributed by atoms with Crippen molar-refractivity contribution in [1.82, 2.24) is 10.2 Å². The topological polar surface area (TPSA) is 110 Å². The van der Waals surface area contributed by atoms with Gasteiger partial charge in [0.1, 0.15) is 0 Å². The second-order valence-corrected chi connectivity index (χ2v) is 5.49. The third kappa shape index (κ3) is 2.82. The van der Waals surface area contributed by atoms with Gasteiger partial charge in [-0.25, -0.2) is 4.79 Å². The largest absolute Gasteiger partial charge is 0.481 e. The van der Waals surface area contributed by atoms with Crippen molar-refractivity contribution in [1.29, 1.82) is 0 Å². The number of amides is 2. The minimum atomic E-state index is -0.925. The first-order valence-corrected chi connectivity index (χ1v) is 6.57. The van der Waals surface area contributed by atoms with Gasteiger partial charge in [0.2, 0.25) is 0 Å². The Morgan fingerprint density at radius 2 is 1.68 bits per heavy atom. The number of aliphatic hydroxyl groups excluding tert-OH is 2. The minimum Gasteiger partial charge on any atom is -0.481 e. The molecule has 7 heteroatoms. The number of carboxylic acids is 1. The molecule has 2 atom stereocenters. The SMILES string of the molecule is O=C(NCC1(C(=O)O)CCCC1)N1CC(O)C(O)C1. The number of β-amino-alcohol motifs (C(OH)–C–C–N with tert-alkyl or cyclic N) is 2. The van der Waals surface area contributed by atoms with E-state index >= 15 is 0 Å². The zero-order valence-electron chi connectivity index (χ0n) is 10.7. The molecule has 1 saturated heterocycles. The monoisotopic (exact) mass is 272 g/mol. The third-order valence-electron chi connectivity index (χ3n) is 4.14. The fourth-order valence-corrected chi connectivity index (χ4v) is 2.81. The second-order valence-electron chi connectivity index (χ2n) is 5.49. The molecule has 19 heavy (non-hydrogen) atoms. The summed E-state index contributed by atoms with van der Waals surface area (Å²) in [5, 5.41) is 30.6. The van der Waals surface area contributed by atoms with Gasteiger partial charge in [-0.05, 0) is 12.8 Å². The van der Waals surface area contributed by atoms with E-state index in [1.54, 1.807) is 0 Å². The summed E-state index contributed by atoms with van der Waals surface area (Å²) in [5.74, 6) is -0.869. The number of aliphatic carboxylic acids is 1. The van der Waals surface area contributed by atoms with Crippen molar-refractivity contribution in [3.8, 4) is 0 Å². The Balaban J connectivity index is 1.88. The molecule has 1 aliphatic carbocycles. The summed E-state index contributed by atoms with van der Waals surface area (Å²) < 4.78 is 0. The van der Waals surface area contributed by atoms with E-state index < -0.39 is 29.6 Å². The summed E-state index contributed by atoms with van der Waals surface area (Å²) in [6.07, 6.45) is 1.03. The Morgan fingerprint density at radius 1 is 1.16 bits per heavy atom. The first-order chi connectivity index (χ1) is 8.94. The Hall–Kier alpha value is -1.34. The van der Waals surface area contributed by atoms with Gasteiger partial charge in [0, 0.05) is 6.54 Å². The number of nitrogens with one attached hydrogen (secondary N) is 1. The number of carboxylic acid groups (broad SMARTS) is 1. The van der Waals surface area contributed by atoms with Crippen LogP contribution in [-0.2, 0) is 4.79 Å². The van der Waals surface area contributed by atoms with Crippen molar-refractivity contribution < 1.29 is 24.9 Å². The first-order valence-electron chi connectivity index (χ1n) is 6.57. The highest BCUT2D eigenvalue weighted by atomic mass is 16.4. The molecule has 2 unspecified atom stereocenters. The van der Waals surface area contributed by atoms with Crippen LogP contribution in [0, 0.1) is 5.41 Å². The van der Waals surface area contributed by atoms with Crippen molar-refractivity contribution in [2.45, 2.75) is 37.9 Å². The Bertz CT molecular complexity index is 357. The van der Waals surface area contributed by atoms with E-state index in [0.29, 0.717) is 12.8 Å². The van der Waals surface area contributed by atoms with Crippen LogP contribution in [0.4, 0.5) is 4.79 Å². The normalized spacial score (nSPS) is 29.5. The number of carbonyl (C=O) groups is 2. The van der Waals surface area contributed by atoms with E-state index in [-0.39, 0.29) is 19.6 Å². The number of urea groups is 1. The lowest BCUT2D eigenvalue weighted by Gasteiger charge is -2.25. The second kappa shape index (κ2) is 5.34. The van der Waals surface area contributed by atoms with Gasteiger partial charge in [0.25, 0.3) is 0 Å². The van der Waals surface area contributed by atoms with Gasteiger partial charge in [-0.15, -0.1) is 0 Å². The third-order valence-corrected chi connectivity index (χ3v) is 4.14. The van der Waals surface area contributed by atoms with Crippen LogP contribution in [-0.4, -0.2) is 64.1 Å². The molecule has 4 N–H and O–H groups in total. The molecule has 0 aromatic rings. The predicted molar refractivity (Wildman–Crippen MR) is 65.5 cm³/mol. The summed E-state index contributed by atoms with van der Waals surface area (Å²) in [7, 11) is 0. The molecule has 2 aliphatic rings. The molecule has 2 fully saturated rings. The molecule has 1 saturated carbocycles. The zero-order chi connectivity index (χ0) is 14.0. The molecule has 0 aromatic heterocycles. The highest BCUT2D eigenvalue weighted by Gasteiger charge is 2.42. The number of hydrogen-bond acceptors (Lipinski definition) is 4. The van der Waals surface area contributed by atoms with Crippen molar-refractivity contribution >= 4 is 12.0 Å². The van der Waals surface area contributed by atoms with Gasteiger partial charge in [0.05, 0.1) is 30.7 Å². The van der Waals surface area contributed by atoms with Gasteiger partial charge < -0.3 is 25.5 Å². The number of hydrogen-bond donors (Lipinski definition) is 4. The summed E-state index contributed by atoms with van der Waals surface area (Å²) in [6, 6.07) is -0.428. The summed E-state index contributed by atoms with van der Waals surface area (Å²) in [5.41, 5.74) is -0.855. The fourth-order valence-electron chi connectivity index (χ4n) is 2.81. The number of nitrogens with zero attached hydrogens (tertiary/aromatic N) is 1. The molecular weight excluding hydrogens is 252 g/mol. The van der Waals surface area contributed by atoms with Crippen molar-refractivity contribution in [3.63, 3.8) is 0 Å². The quantitative estimate of drug-likeness (QED) is 0.547. The molecule has 2 amide bonds. The standard InChI is InChI=1S/C12H20N2O5/c15-8-5-14(6-9(8)16)11(19)13-7-12(10(17)18)3-1-2-4-12/h8-9,15-16H,1-7H2,(H,13,19)(H,17,18). The summed E-state index contributed by atoms with van der Waals surface area (Å²) in [6.45, 7) is 0.254. The fraction of sp³-hybridized carbons (Fsp3) is 0.833. The van der Waals surface area contributed by atoms with E-state index in [0.717, 1.165) is 12.8 Å². The molecule has 0 radical (unpaired) electrons. The van der Waals surface area contributed by atoms with Gasteiger partial charge >= 0.3 is 12.0 Å². The lowest BCUT2D eigenvalue weighted by Crippen LogP contribution is -2.46. The average Bonchev–Trinajstić information content (AvgIpc) is 2.95. The van der Waals surface area contributed by atoms with Crippen molar-refractivity contribution in [2.24, 2.45) is 5.41 Å². The molecule has 0 bridgehead atoms. The minimum absolute atomic E-state index is 0.0765. The Morgan fingerprint density at radius 3 is 2.16 bits per heavy atom. The zero-order valence-corrected chi connectivity index (χ0v) is 10.7. The molecule has 1 heterocycles. The van der Waals surface area contributed by atoms with Crippen LogP contribution in [0.2, 0.25) is 0 Å². The van der Waals surface area contributed by atoms with Crippen molar-refractivity contribution in [3.05, 3.63) is 0 Å². The van der Waals surface area contributed by atoms with Crippen LogP contribution in [0.1, 0.15) is 25.7 Å². The molecule has 2 rings (SSSR count). The number of carbonyl (C=O) groups excluding carboxylic acids is 1. The van der Waals surface area contributed by atoms with Crippen LogP contribution in [0.5, 0.6) is 0 Å². The van der Waals surface area contributed by atoms with E-state index in [9.17, 15) is 24.9 Å². The van der Waals surface area contributed by atoms with Gasteiger partial charge in [-0.3, -0.25) is 4.79 Å². The van der Waals surface area contributed by atoms with Crippen LogP contribution < -0.4 is 5.32 Å². The van der Waals surface area contributed by atoms with Gasteiger partial charge in [0.15, 0.2) is 0 Å². The molecule has 7 nitrogen and oxygen atoms in total. The van der Waals surface area contributed by atoms with Crippen LogP contribution in [0.3, 0.4) is 0 Å². The highest BCUT2D eigenvalue weighted by molar-refractivity contribution is 5.78. The van der Waals surface area contributed by atoms with E-state index in [4.69, 9.17) is 0 Å². The first kappa shape index (κ1) is 14.1. The van der Waals surface area contributed by atoms with E-state index in [1.165, 1.54) is 4.90 Å². The van der Waals surface area contributed by atoms with Crippen LogP contribution >= 0.6 is 0 Å². The summed E-state index contributed by atoms with van der Waals surface area (Å²) in [4.78, 5) is 24.5. The van der Waals surface area contributed by atoms with E-state index in [1.807, 2.05) is 0 Å². The number of aliphatic hydroxyl groups is 2. The molecular formula is C12H20N2O5. The maximum absolute atomic E-state index is 11.9. The Kier molecular flexibility index (Phi) is 3.96. The average molecular weight is 272 g/mol. The molecule has 0 spiro atoms. The van der Waals surface area contributed by atoms with Crippen molar-refractivity contribution in [2.75, 3.05) is 19.6 Å². The molecule has 108 valence electrons. The summed E-state index contributed by atoms with van der Waals surface area (Å²) >= 11 is 0. The predicted octanol–water partition coefficient (Wildman–Crippen LogP) is -0.622. The van der Waals surface area contributed by atoms with E-state index in [2.05, 4.69) is 5.32 Å². The maximum atomic E-state index is 11.9. The Labute approximate surface area is 111 Å². The molecule has 0 aromatic carbocycles. The number of rotatable bonds is 3. The van der Waals surface area contributed by atoms with Gasteiger partial charge in [-0.2, -0.15) is 0 Å². The lowest BCUT2D eigenvalue weighted by atomic mass is 9.86. The smallest absolute Gasteiger partial charge is 0.317 e. The lowest BCUT2D eigenvalue weighted by molar-refractivity contribution is -0.148. The highest BCUT2D eigenvalue weighted by Crippen LogP contribution is 2.37. The van der Waals surface area contributed by atoms with Crippen LogP contribution in [0.25, 0.3) is 0 Å².